The zero-order valence-electron chi connectivity index (χ0n) is 11.8. The van der Waals surface area contributed by atoms with E-state index in [1.54, 1.807) is 18.2 Å². The van der Waals surface area contributed by atoms with Crippen molar-refractivity contribution in [2.24, 2.45) is 0 Å². The fourth-order valence-electron chi connectivity index (χ4n) is 2.14. The molecule has 0 fully saturated rings. The van der Waals surface area contributed by atoms with Gasteiger partial charge in [-0.3, -0.25) is 4.79 Å². The Hall–Kier alpha value is -3.15. The molecule has 6 nitrogen and oxygen atoms in total. The Balaban J connectivity index is 1.83. The summed E-state index contributed by atoms with van der Waals surface area (Å²) in [6.07, 6.45) is 0. The molecule has 110 valence electrons. The third-order valence-electron chi connectivity index (χ3n) is 3.31. The summed E-state index contributed by atoms with van der Waals surface area (Å²) in [5.74, 6) is -0.267. The fraction of sp³-hybridized carbons (Fsp3) is 0.0625. The van der Waals surface area contributed by atoms with Crippen molar-refractivity contribution in [3.05, 3.63) is 59.8 Å². The topological polar surface area (TPSA) is 107 Å². The Labute approximate surface area is 127 Å². The van der Waals surface area contributed by atoms with E-state index in [4.69, 9.17) is 11.5 Å². The molecule has 3 rings (SSSR count). The van der Waals surface area contributed by atoms with Gasteiger partial charge in [-0.25, -0.2) is 9.97 Å². The molecule has 0 aliphatic heterocycles. The number of hydrogen-bond donors (Lipinski definition) is 3. The summed E-state index contributed by atoms with van der Waals surface area (Å²) in [5, 5.41) is 2.76. The summed E-state index contributed by atoms with van der Waals surface area (Å²) in [6.45, 7) is 0.305. The van der Waals surface area contributed by atoms with Crippen molar-refractivity contribution in [3.8, 4) is 0 Å². The van der Waals surface area contributed by atoms with Crippen molar-refractivity contribution in [2.75, 3.05) is 11.5 Å². The molecular weight excluding hydrogens is 278 g/mol. The van der Waals surface area contributed by atoms with E-state index >= 15 is 0 Å². The van der Waals surface area contributed by atoms with Crippen LogP contribution in [0.5, 0.6) is 0 Å². The zero-order chi connectivity index (χ0) is 15.5. The van der Waals surface area contributed by atoms with Crippen molar-refractivity contribution in [1.29, 1.82) is 0 Å². The maximum absolute atomic E-state index is 12.3. The molecule has 5 N–H and O–H groups in total. The Kier molecular flexibility index (Phi) is 3.57. The zero-order valence-corrected chi connectivity index (χ0v) is 11.8. The average molecular weight is 293 g/mol. The number of fused-ring (bicyclic) bond motifs is 1. The number of nitrogens with zero attached hydrogens (tertiary/aromatic N) is 2. The number of amides is 1. The lowest BCUT2D eigenvalue weighted by atomic mass is 10.2. The number of hydrogen-bond acceptors (Lipinski definition) is 5. The summed E-state index contributed by atoms with van der Waals surface area (Å²) < 4.78 is 0. The van der Waals surface area contributed by atoms with Crippen LogP contribution in [0.25, 0.3) is 11.0 Å². The van der Waals surface area contributed by atoms with Gasteiger partial charge in [0.2, 0.25) is 0 Å². The highest BCUT2D eigenvalue weighted by molar-refractivity contribution is 5.98. The molecule has 0 bridgehead atoms. The number of nitrogens with one attached hydrogen (secondary N) is 1. The van der Waals surface area contributed by atoms with E-state index in [0.29, 0.717) is 23.3 Å². The lowest BCUT2D eigenvalue weighted by Crippen LogP contribution is -2.25. The lowest BCUT2D eigenvalue weighted by molar-refractivity contribution is 0.0947. The van der Waals surface area contributed by atoms with E-state index in [1.165, 1.54) is 0 Å². The third-order valence-corrected chi connectivity index (χ3v) is 3.31. The second kappa shape index (κ2) is 5.69. The Bertz CT molecular complexity index is 847. The number of carbonyl (C=O) groups excluding carboxylic acids is 1. The first-order valence-electron chi connectivity index (χ1n) is 6.79. The first kappa shape index (κ1) is 13.8. The van der Waals surface area contributed by atoms with Gasteiger partial charge in [-0.2, -0.15) is 0 Å². The average Bonchev–Trinajstić information content (AvgIpc) is 2.53. The largest absolute Gasteiger partial charge is 0.398 e. The highest BCUT2D eigenvalue weighted by Crippen LogP contribution is 2.15. The molecule has 1 amide bonds. The van der Waals surface area contributed by atoms with Gasteiger partial charge in [0.25, 0.3) is 5.91 Å². The van der Waals surface area contributed by atoms with Crippen LogP contribution in [0.2, 0.25) is 0 Å². The molecule has 0 unspecified atom stereocenters. The molecule has 1 heterocycles. The fourth-order valence-corrected chi connectivity index (χ4v) is 2.14. The molecule has 3 aromatic rings. The van der Waals surface area contributed by atoms with Crippen LogP contribution in [0.3, 0.4) is 0 Å². The molecule has 0 aliphatic carbocycles. The SMILES string of the molecule is Nc1ccccc1CNC(=O)c1nc2ccccc2nc1N. The van der Waals surface area contributed by atoms with Gasteiger partial charge in [0.1, 0.15) is 0 Å². The second-order valence-electron chi connectivity index (χ2n) is 4.83. The number of nitrogen functional groups attached to an aromatic ring is 2. The molecule has 22 heavy (non-hydrogen) atoms. The Morgan fingerprint density at radius 2 is 1.59 bits per heavy atom. The summed E-state index contributed by atoms with van der Waals surface area (Å²) in [6, 6.07) is 14.6. The first-order valence-corrected chi connectivity index (χ1v) is 6.79. The van der Waals surface area contributed by atoms with Gasteiger partial charge in [0.05, 0.1) is 11.0 Å². The van der Waals surface area contributed by atoms with Crippen LogP contribution in [-0.2, 0) is 6.54 Å². The molecule has 0 atom stereocenters. The van der Waals surface area contributed by atoms with Crippen LogP contribution in [0.4, 0.5) is 11.5 Å². The Morgan fingerprint density at radius 1 is 0.955 bits per heavy atom. The maximum atomic E-state index is 12.3. The van der Waals surface area contributed by atoms with Crippen LogP contribution in [-0.4, -0.2) is 15.9 Å². The van der Waals surface area contributed by atoms with Gasteiger partial charge in [-0.1, -0.05) is 30.3 Å². The van der Waals surface area contributed by atoms with Gasteiger partial charge >= 0.3 is 0 Å². The predicted octanol–water partition coefficient (Wildman–Crippen LogP) is 1.72. The van der Waals surface area contributed by atoms with Crippen LogP contribution < -0.4 is 16.8 Å². The van der Waals surface area contributed by atoms with Crippen LogP contribution in [0.1, 0.15) is 16.1 Å². The minimum absolute atomic E-state index is 0.109. The predicted molar refractivity (Wildman–Crippen MR) is 86.0 cm³/mol. The van der Waals surface area contributed by atoms with E-state index in [9.17, 15) is 4.79 Å². The molecule has 0 radical (unpaired) electrons. The normalized spacial score (nSPS) is 10.5. The van der Waals surface area contributed by atoms with E-state index < -0.39 is 0 Å². The minimum Gasteiger partial charge on any atom is -0.398 e. The van der Waals surface area contributed by atoms with Gasteiger partial charge in [0.15, 0.2) is 11.5 Å². The summed E-state index contributed by atoms with van der Waals surface area (Å²) >= 11 is 0. The van der Waals surface area contributed by atoms with Gasteiger partial charge < -0.3 is 16.8 Å². The van der Waals surface area contributed by atoms with Crippen molar-refractivity contribution in [2.45, 2.75) is 6.54 Å². The number of benzene rings is 2. The molecule has 0 spiro atoms. The van der Waals surface area contributed by atoms with Crippen molar-refractivity contribution in [3.63, 3.8) is 0 Å². The van der Waals surface area contributed by atoms with E-state index in [2.05, 4.69) is 15.3 Å². The van der Waals surface area contributed by atoms with Crippen molar-refractivity contribution >= 4 is 28.4 Å². The van der Waals surface area contributed by atoms with Crippen molar-refractivity contribution < 1.29 is 4.79 Å². The molecular formula is C16H15N5O. The number of anilines is 2. The van der Waals surface area contributed by atoms with E-state index in [-0.39, 0.29) is 17.4 Å². The monoisotopic (exact) mass is 293 g/mol. The molecule has 0 saturated carbocycles. The van der Waals surface area contributed by atoms with Gasteiger partial charge in [-0.15, -0.1) is 0 Å². The molecule has 1 aromatic heterocycles. The third kappa shape index (κ3) is 2.67. The number of nitrogens with two attached hydrogens (primary N) is 2. The maximum Gasteiger partial charge on any atom is 0.274 e. The molecule has 0 saturated heterocycles. The van der Waals surface area contributed by atoms with E-state index in [1.807, 2.05) is 30.3 Å². The van der Waals surface area contributed by atoms with E-state index in [0.717, 1.165) is 5.56 Å². The first-order chi connectivity index (χ1) is 10.6. The molecule has 0 aliphatic rings. The number of aromatic nitrogens is 2. The highest BCUT2D eigenvalue weighted by Gasteiger charge is 2.14. The summed E-state index contributed by atoms with van der Waals surface area (Å²) in [4.78, 5) is 20.7. The molecule has 2 aromatic carbocycles. The number of rotatable bonds is 3. The van der Waals surface area contributed by atoms with Crippen LogP contribution >= 0.6 is 0 Å². The second-order valence-corrected chi connectivity index (χ2v) is 4.83. The summed E-state index contributed by atoms with van der Waals surface area (Å²) in [5.41, 5.74) is 14.5. The standard InChI is InChI=1S/C16H15N5O/c17-11-6-2-1-5-10(11)9-19-16(22)14-15(18)21-13-8-4-3-7-12(13)20-14/h1-8H,9,17H2,(H2,18,21)(H,19,22). The summed E-state index contributed by atoms with van der Waals surface area (Å²) in [7, 11) is 0. The highest BCUT2D eigenvalue weighted by atomic mass is 16.1. The minimum atomic E-state index is -0.376. The van der Waals surface area contributed by atoms with Gasteiger partial charge in [0, 0.05) is 12.2 Å². The molecule has 6 heteroatoms. The van der Waals surface area contributed by atoms with Crippen molar-refractivity contribution in [1.82, 2.24) is 15.3 Å². The van der Waals surface area contributed by atoms with Gasteiger partial charge in [-0.05, 0) is 23.8 Å². The lowest BCUT2D eigenvalue weighted by Gasteiger charge is -2.09. The number of para-hydroxylation sites is 3. The Morgan fingerprint density at radius 3 is 2.32 bits per heavy atom. The van der Waals surface area contributed by atoms with Crippen LogP contribution in [0.15, 0.2) is 48.5 Å². The number of carbonyl (C=O) groups is 1. The van der Waals surface area contributed by atoms with Crippen LogP contribution in [0, 0.1) is 0 Å². The quantitative estimate of drug-likeness (QED) is 0.637. The smallest absolute Gasteiger partial charge is 0.274 e.